The van der Waals surface area contributed by atoms with E-state index in [2.05, 4.69) is 6.92 Å². The van der Waals surface area contributed by atoms with Crippen LogP contribution >= 0.6 is 0 Å². The highest BCUT2D eigenvalue weighted by Crippen LogP contribution is 2.26. The minimum atomic E-state index is 0.626. The third-order valence-corrected chi connectivity index (χ3v) is 5.25. The molecule has 0 aliphatic rings. The fourth-order valence-corrected chi connectivity index (χ4v) is 3.42. The van der Waals surface area contributed by atoms with Crippen molar-refractivity contribution in [2.45, 2.75) is 71.1 Å². The molecular formula is C26H35NO3. The summed E-state index contributed by atoms with van der Waals surface area (Å²) in [4.78, 5) is 28.0. The molecule has 0 fully saturated rings. The molecule has 0 saturated carbocycles. The van der Waals surface area contributed by atoms with Crippen molar-refractivity contribution < 1.29 is 14.4 Å². The first-order valence-electron chi connectivity index (χ1n) is 11.3. The highest BCUT2D eigenvalue weighted by Gasteiger charge is 2.11. The normalized spacial score (nSPS) is 10.7. The number of carbonyl (C=O) groups excluding carboxylic acids is 2. The first-order valence-corrected chi connectivity index (χ1v) is 11.3. The average Bonchev–Trinajstić information content (AvgIpc) is 2.80. The molecule has 0 bridgehead atoms. The maximum atomic E-state index is 10.9. The van der Waals surface area contributed by atoms with E-state index in [1.54, 1.807) is 29.3 Å². The van der Waals surface area contributed by atoms with E-state index in [0.717, 1.165) is 36.8 Å². The summed E-state index contributed by atoms with van der Waals surface area (Å²) in [5.41, 5.74) is 2.97. The van der Waals surface area contributed by atoms with E-state index in [1.165, 1.54) is 51.4 Å². The summed E-state index contributed by atoms with van der Waals surface area (Å²) in [6, 6.07) is 14.6. The number of carbonyl (C=O) groups is 2. The number of rotatable bonds is 16. The van der Waals surface area contributed by atoms with Crippen molar-refractivity contribution in [2.75, 3.05) is 11.7 Å². The van der Waals surface area contributed by atoms with Gasteiger partial charge in [0.1, 0.15) is 12.6 Å². The number of benzene rings is 2. The second kappa shape index (κ2) is 14.5. The SMILES string of the molecule is CCCCCCCCCCCCON(c1ccc(C=O)cc1)c1ccc(C=O)cc1. The Morgan fingerprint density at radius 1 is 0.633 bits per heavy atom. The number of nitrogens with zero attached hydrogens (tertiary/aromatic N) is 1. The second-order valence-corrected chi connectivity index (χ2v) is 7.73. The Labute approximate surface area is 181 Å². The molecule has 0 aliphatic heterocycles. The van der Waals surface area contributed by atoms with Crippen molar-refractivity contribution >= 4 is 23.9 Å². The number of unbranched alkanes of at least 4 members (excludes halogenated alkanes) is 9. The molecule has 0 spiro atoms. The highest BCUT2D eigenvalue weighted by molar-refractivity contribution is 5.77. The Hall–Kier alpha value is -2.46. The summed E-state index contributed by atoms with van der Waals surface area (Å²) in [5, 5.41) is 1.77. The smallest absolute Gasteiger partial charge is 0.150 e. The maximum absolute atomic E-state index is 10.9. The van der Waals surface area contributed by atoms with Crippen LogP contribution in [0.4, 0.5) is 11.4 Å². The topological polar surface area (TPSA) is 46.6 Å². The van der Waals surface area contributed by atoms with Gasteiger partial charge in [-0.2, -0.15) is 0 Å². The van der Waals surface area contributed by atoms with E-state index in [9.17, 15) is 9.59 Å². The van der Waals surface area contributed by atoms with Gasteiger partial charge in [-0.3, -0.25) is 14.4 Å². The standard InChI is InChI=1S/C26H35NO3/c1-2-3-4-5-6-7-8-9-10-11-20-30-27(25-16-12-23(21-28)13-17-25)26-18-14-24(22-29)15-19-26/h12-19,21-22H,2-11,20H2,1H3. The van der Waals surface area contributed by atoms with Gasteiger partial charge in [-0.25, -0.2) is 5.06 Å². The maximum Gasteiger partial charge on any atom is 0.150 e. The first-order chi connectivity index (χ1) is 14.8. The molecule has 30 heavy (non-hydrogen) atoms. The molecule has 0 unspecified atom stereocenters. The van der Waals surface area contributed by atoms with Crippen molar-refractivity contribution in [3.63, 3.8) is 0 Å². The second-order valence-electron chi connectivity index (χ2n) is 7.73. The predicted octanol–water partition coefficient (Wildman–Crippen LogP) is 7.30. The fraction of sp³-hybridized carbons (Fsp3) is 0.462. The number of aldehydes is 2. The van der Waals surface area contributed by atoms with Crippen molar-refractivity contribution in [3.8, 4) is 0 Å². The largest absolute Gasteiger partial charge is 0.298 e. The summed E-state index contributed by atoms with van der Waals surface area (Å²) in [6.45, 7) is 2.88. The van der Waals surface area contributed by atoms with Crippen LogP contribution in [0.5, 0.6) is 0 Å². The lowest BCUT2D eigenvalue weighted by Gasteiger charge is -2.24. The van der Waals surface area contributed by atoms with Gasteiger partial charge < -0.3 is 0 Å². The summed E-state index contributed by atoms with van der Waals surface area (Å²) >= 11 is 0. The molecule has 0 aliphatic carbocycles. The zero-order chi connectivity index (χ0) is 21.4. The molecule has 0 saturated heterocycles. The van der Waals surface area contributed by atoms with Gasteiger partial charge in [-0.15, -0.1) is 0 Å². The van der Waals surface area contributed by atoms with Gasteiger partial charge in [0, 0.05) is 11.1 Å². The fourth-order valence-electron chi connectivity index (χ4n) is 3.42. The van der Waals surface area contributed by atoms with Crippen LogP contribution in [0.2, 0.25) is 0 Å². The average molecular weight is 410 g/mol. The number of hydrogen-bond acceptors (Lipinski definition) is 4. The van der Waals surface area contributed by atoms with E-state index in [-0.39, 0.29) is 0 Å². The first kappa shape index (κ1) is 23.8. The lowest BCUT2D eigenvalue weighted by Crippen LogP contribution is -2.18. The molecule has 0 radical (unpaired) electrons. The van der Waals surface area contributed by atoms with Gasteiger partial charge in [0.25, 0.3) is 0 Å². The van der Waals surface area contributed by atoms with Crippen molar-refractivity contribution in [1.29, 1.82) is 0 Å². The van der Waals surface area contributed by atoms with Crippen LogP contribution in [0.1, 0.15) is 91.8 Å². The van der Waals surface area contributed by atoms with E-state index in [0.29, 0.717) is 17.7 Å². The van der Waals surface area contributed by atoms with Crippen LogP contribution in [0.3, 0.4) is 0 Å². The molecule has 2 aromatic carbocycles. The Kier molecular flexibility index (Phi) is 11.5. The molecule has 0 heterocycles. The Morgan fingerprint density at radius 2 is 1.03 bits per heavy atom. The molecule has 0 aromatic heterocycles. The molecule has 4 heteroatoms. The van der Waals surface area contributed by atoms with Crippen LogP contribution < -0.4 is 5.06 Å². The van der Waals surface area contributed by atoms with E-state index >= 15 is 0 Å². The van der Waals surface area contributed by atoms with Crippen molar-refractivity contribution in [2.24, 2.45) is 0 Å². The predicted molar refractivity (Wildman–Crippen MR) is 124 cm³/mol. The highest BCUT2D eigenvalue weighted by atomic mass is 16.7. The van der Waals surface area contributed by atoms with Gasteiger partial charge in [-0.05, 0) is 55.0 Å². The third-order valence-electron chi connectivity index (χ3n) is 5.25. The number of hydrogen-bond donors (Lipinski definition) is 0. The van der Waals surface area contributed by atoms with Gasteiger partial charge in [0.2, 0.25) is 0 Å². The van der Waals surface area contributed by atoms with Crippen LogP contribution in [0.15, 0.2) is 48.5 Å². The Bertz CT molecular complexity index is 673. The molecule has 2 rings (SSSR count). The quantitative estimate of drug-likeness (QED) is 0.166. The minimum absolute atomic E-state index is 0.626. The zero-order valence-electron chi connectivity index (χ0n) is 18.2. The monoisotopic (exact) mass is 409 g/mol. The summed E-state index contributed by atoms with van der Waals surface area (Å²) in [6.07, 6.45) is 14.5. The van der Waals surface area contributed by atoms with Crippen LogP contribution in [-0.4, -0.2) is 19.2 Å². The van der Waals surface area contributed by atoms with Crippen molar-refractivity contribution in [3.05, 3.63) is 59.7 Å². The third kappa shape index (κ3) is 8.50. The van der Waals surface area contributed by atoms with E-state index in [4.69, 9.17) is 4.84 Å². The molecule has 0 atom stereocenters. The molecule has 4 nitrogen and oxygen atoms in total. The molecule has 2 aromatic rings. The summed E-state index contributed by atoms with van der Waals surface area (Å²) in [7, 11) is 0. The summed E-state index contributed by atoms with van der Waals surface area (Å²) < 4.78 is 0. The van der Waals surface area contributed by atoms with Crippen LogP contribution in [0, 0.1) is 0 Å². The molecule has 0 amide bonds. The van der Waals surface area contributed by atoms with Crippen LogP contribution in [0.25, 0.3) is 0 Å². The van der Waals surface area contributed by atoms with E-state index in [1.807, 2.05) is 24.3 Å². The molecular weight excluding hydrogens is 374 g/mol. The van der Waals surface area contributed by atoms with E-state index < -0.39 is 0 Å². The van der Waals surface area contributed by atoms with Gasteiger partial charge in [0.05, 0.1) is 18.0 Å². The Morgan fingerprint density at radius 3 is 1.43 bits per heavy atom. The van der Waals surface area contributed by atoms with Gasteiger partial charge >= 0.3 is 0 Å². The van der Waals surface area contributed by atoms with Gasteiger partial charge in [0.15, 0.2) is 0 Å². The lowest BCUT2D eigenvalue weighted by molar-refractivity contribution is 0.111. The summed E-state index contributed by atoms with van der Waals surface area (Å²) in [5.74, 6) is 0. The van der Waals surface area contributed by atoms with Crippen molar-refractivity contribution in [1.82, 2.24) is 0 Å². The lowest BCUT2D eigenvalue weighted by atomic mass is 10.1. The number of anilines is 2. The minimum Gasteiger partial charge on any atom is -0.298 e. The van der Waals surface area contributed by atoms with Gasteiger partial charge in [-0.1, -0.05) is 64.7 Å². The Balaban J connectivity index is 1.80. The zero-order valence-corrected chi connectivity index (χ0v) is 18.2. The molecule has 0 N–H and O–H groups in total. The molecule has 162 valence electrons. The van der Waals surface area contributed by atoms with Crippen LogP contribution in [-0.2, 0) is 4.84 Å².